The third kappa shape index (κ3) is 4.23. The zero-order valence-electron chi connectivity index (χ0n) is 17.4. The Hall–Kier alpha value is -2.38. The van der Waals surface area contributed by atoms with E-state index in [-0.39, 0.29) is 22.9 Å². The first-order valence-corrected chi connectivity index (χ1v) is 12.0. The first kappa shape index (κ1) is 20.9. The number of ether oxygens (including phenoxy) is 1. The summed E-state index contributed by atoms with van der Waals surface area (Å²) >= 11 is 0. The summed E-state index contributed by atoms with van der Waals surface area (Å²) in [5.41, 5.74) is 2.42. The number of carbonyl (C=O) groups is 1. The number of sulfonamides is 1. The van der Waals surface area contributed by atoms with Crippen LogP contribution in [-0.2, 0) is 14.8 Å². The average molecular weight is 429 g/mol. The highest BCUT2D eigenvalue weighted by Gasteiger charge is 2.37. The number of hydrogen-bond acceptors (Lipinski definition) is 4. The molecule has 2 atom stereocenters. The second kappa shape index (κ2) is 8.40. The molecule has 1 N–H and O–H groups in total. The van der Waals surface area contributed by atoms with Gasteiger partial charge in [-0.05, 0) is 62.1 Å². The lowest BCUT2D eigenvalue weighted by atomic mass is 9.89. The normalized spacial score (nSPS) is 21.7. The van der Waals surface area contributed by atoms with E-state index in [4.69, 9.17) is 4.74 Å². The number of carbonyl (C=O) groups excluding carboxylic acids is 1. The van der Waals surface area contributed by atoms with Crippen LogP contribution in [-0.4, -0.2) is 44.5 Å². The van der Waals surface area contributed by atoms with Crippen molar-refractivity contribution in [2.45, 2.75) is 56.6 Å². The number of amides is 1. The SMILES string of the molecule is Cc1ccc(C)c(S(=O)(=O)Nc2cccc(C(=O)N3CCO[C@H]4CCCC[C@@H]43)c2)c1. The Labute approximate surface area is 178 Å². The lowest BCUT2D eigenvalue weighted by Crippen LogP contribution is -2.54. The highest BCUT2D eigenvalue weighted by Crippen LogP contribution is 2.30. The van der Waals surface area contributed by atoms with E-state index in [1.165, 1.54) is 0 Å². The predicted octanol–water partition coefficient (Wildman–Crippen LogP) is 3.89. The van der Waals surface area contributed by atoms with Gasteiger partial charge >= 0.3 is 0 Å². The third-order valence-electron chi connectivity index (χ3n) is 5.99. The maximum absolute atomic E-state index is 13.2. The van der Waals surface area contributed by atoms with Crippen molar-refractivity contribution >= 4 is 21.6 Å². The number of aryl methyl sites for hydroxylation is 2. The van der Waals surface area contributed by atoms with Gasteiger partial charge in [0.1, 0.15) is 0 Å². The third-order valence-corrected chi connectivity index (χ3v) is 7.51. The molecule has 0 aromatic heterocycles. The van der Waals surface area contributed by atoms with Crippen LogP contribution in [0.1, 0.15) is 47.2 Å². The summed E-state index contributed by atoms with van der Waals surface area (Å²) in [6, 6.07) is 12.2. The zero-order valence-corrected chi connectivity index (χ0v) is 18.2. The molecule has 0 unspecified atom stereocenters. The molecule has 6 nitrogen and oxygen atoms in total. The summed E-state index contributed by atoms with van der Waals surface area (Å²) in [4.78, 5) is 15.4. The maximum atomic E-state index is 13.2. The molecule has 2 fully saturated rings. The summed E-state index contributed by atoms with van der Waals surface area (Å²) in [5, 5.41) is 0. The van der Waals surface area contributed by atoms with Gasteiger partial charge in [0.2, 0.25) is 0 Å². The quantitative estimate of drug-likeness (QED) is 0.802. The van der Waals surface area contributed by atoms with Crippen LogP contribution in [0, 0.1) is 13.8 Å². The smallest absolute Gasteiger partial charge is 0.262 e. The van der Waals surface area contributed by atoms with Gasteiger partial charge in [0.15, 0.2) is 0 Å². The van der Waals surface area contributed by atoms with Gasteiger partial charge in [-0.2, -0.15) is 0 Å². The topological polar surface area (TPSA) is 75.7 Å². The Balaban J connectivity index is 1.56. The van der Waals surface area contributed by atoms with E-state index >= 15 is 0 Å². The van der Waals surface area contributed by atoms with Crippen molar-refractivity contribution < 1.29 is 17.9 Å². The number of morpholine rings is 1. The summed E-state index contributed by atoms with van der Waals surface area (Å²) < 4.78 is 34.4. The number of benzene rings is 2. The van der Waals surface area contributed by atoms with Gasteiger partial charge in [0.05, 0.1) is 23.6 Å². The molecular formula is C23H28N2O4S. The van der Waals surface area contributed by atoms with Crippen molar-refractivity contribution in [1.29, 1.82) is 0 Å². The van der Waals surface area contributed by atoms with Gasteiger partial charge in [-0.1, -0.05) is 31.0 Å². The second-order valence-corrected chi connectivity index (χ2v) is 9.87. The van der Waals surface area contributed by atoms with Crippen LogP contribution >= 0.6 is 0 Å². The molecule has 1 aliphatic carbocycles. The van der Waals surface area contributed by atoms with Crippen LogP contribution in [0.3, 0.4) is 0 Å². The molecule has 7 heteroatoms. The molecule has 0 spiro atoms. The minimum absolute atomic E-state index is 0.0667. The Morgan fingerprint density at radius 2 is 1.90 bits per heavy atom. The Kier molecular flexibility index (Phi) is 5.84. The molecule has 4 rings (SSSR count). The van der Waals surface area contributed by atoms with Gasteiger partial charge in [0, 0.05) is 17.8 Å². The van der Waals surface area contributed by atoms with Crippen LogP contribution in [0.4, 0.5) is 5.69 Å². The maximum Gasteiger partial charge on any atom is 0.262 e. The highest BCUT2D eigenvalue weighted by atomic mass is 32.2. The fraction of sp³-hybridized carbons (Fsp3) is 0.435. The number of anilines is 1. The lowest BCUT2D eigenvalue weighted by Gasteiger charge is -2.43. The first-order chi connectivity index (χ1) is 14.3. The Bertz CT molecular complexity index is 1050. The minimum Gasteiger partial charge on any atom is -0.374 e. The van der Waals surface area contributed by atoms with E-state index in [2.05, 4.69) is 4.72 Å². The molecule has 160 valence electrons. The van der Waals surface area contributed by atoms with Crippen LogP contribution in [0.25, 0.3) is 0 Å². The number of hydrogen-bond donors (Lipinski definition) is 1. The molecule has 2 aromatic rings. The van der Waals surface area contributed by atoms with Crippen molar-refractivity contribution in [2.24, 2.45) is 0 Å². The van der Waals surface area contributed by atoms with Crippen LogP contribution in [0.2, 0.25) is 0 Å². The molecule has 30 heavy (non-hydrogen) atoms. The molecule has 1 amide bonds. The number of nitrogens with one attached hydrogen (secondary N) is 1. The van der Waals surface area contributed by atoms with Crippen molar-refractivity contribution in [1.82, 2.24) is 4.90 Å². The van der Waals surface area contributed by atoms with E-state index < -0.39 is 10.0 Å². The van der Waals surface area contributed by atoms with Crippen LogP contribution < -0.4 is 4.72 Å². The van der Waals surface area contributed by atoms with Crippen molar-refractivity contribution in [3.8, 4) is 0 Å². The van der Waals surface area contributed by atoms with Crippen molar-refractivity contribution in [2.75, 3.05) is 17.9 Å². The highest BCUT2D eigenvalue weighted by molar-refractivity contribution is 7.92. The van der Waals surface area contributed by atoms with E-state index in [1.807, 2.05) is 17.9 Å². The average Bonchev–Trinajstić information content (AvgIpc) is 2.74. The summed E-state index contributed by atoms with van der Waals surface area (Å²) in [7, 11) is -3.75. The second-order valence-electron chi connectivity index (χ2n) is 8.21. The van der Waals surface area contributed by atoms with Crippen LogP contribution in [0.15, 0.2) is 47.4 Å². The summed E-state index contributed by atoms with van der Waals surface area (Å²) in [6.07, 6.45) is 4.30. The van der Waals surface area contributed by atoms with Gasteiger partial charge in [-0.15, -0.1) is 0 Å². The van der Waals surface area contributed by atoms with Crippen molar-refractivity contribution in [3.05, 3.63) is 59.2 Å². The molecule has 2 aliphatic rings. The fourth-order valence-electron chi connectivity index (χ4n) is 4.44. The van der Waals surface area contributed by atoms with Crippen molar-refractivity contribution in [3.63, 3.8) is 0 Å². The minimum atomic E-state index is -3.75. The van der Waals surface area contributed by atoms with Gasteiger partial charge in [-0.3, -0.25) is 9.52 Å². The molecule has 1 heterocycles. The Morgan fingerprint density at radius 1 is 1.10 bits per heavy atom. The molecule has 1 saturated heterocycles. The van der Waals surface area contributed by atoms with Crippen LogP contribution in [0.5, 0.6) is 0 Å². The number of fused-ring (bicyclic) bond motifs is 1. The van der Waals surface area contributed by atoms with Gasteiger partial charge in [-0.25, -0.2) is 8.42 Å². The monoisotopic (exact) mass is 428 g/mol. The van der Waals surface area contributed by atoms with Gasteiger partial charge in [0.25, 0.3) is 15.9 Å². The Morgan fingerprint density at radius 3 is 2.73 bits per heavy atom. The standard InChI is InChI=1S/C23H28N2O4S/c1-16-10-11-17(2)22(14-16)30(27,28)24-19-7-5-6-18(15-19)23(26)25-12-13-29-21-9-4-3-8-20(21)25/h5-7,10-11,14-15,20-21,24H,3-4,8-9,12-13H2,1-2H3/t20-,21-/m0/s1. The molecule has 1 aliphatic heterocycles. The molecule has 0 radical (unpaired) electrons. The van der Waals surface area contributed by atoms with Gasteiger partial charge < -0.3 is 9.64 Å². The molecule has 2 aromatic carbocycles. The largest absolute Gasteiger partial charge is 0.374 e. The predicted molar refractivity (Wildman–Crippen MR) is 116 cm³/mol. The first-order valence-electron chi connectivity index (χ1n) is 10.5. The fourth-order valence-corrected chi connectivity index (χ4v) is 5.82. The summed E-state index contributed by atoms with van der Waals surface area (Å²) in [6.45, 7) is 4.75. The zero-order chi connectivity index (χ0) is 21.3. The number of nitrogens with zero attached hydrogens (tertiary/aromatic N) is 1. The number of rotatable bonds is 4. The van der Waals surface area contributed by atoms with E-state index in [0.29, 0.717) is 30.0 Å². The van der Waals surface area contributed by atoms with E-state index in [0.717, 1.165) is 31.2 Å². The lowest BCUT2D eigenvalue weighted by molar-refractivity contribution is -0.0752. The molecule has 0 bridgehead atoms. The summed E-state index contributed by atoms with van der Waals surface area (Å²) in [5.74, 6) is -0.0667. The van der Waals surface area contributed by atoms with E-state index in [1.54, 1.807) is 43.3 Å². The van der Waals surface area contributed by atoms with E-state index in [9.17, 15) is 13.2 Å². The molecular weight excluding hydrogens is 400 g/mol. The molecule has 1 saturated carbocycles.